The Morgan fingerprint density at radius 3 is 2.41 bits per heavy atom. The molecule has 86 valence electrons. The molecule has 0 fully saturated rings. The molecule has 2 rings (SSSR count). The zero-order valence-corrected chi connectivity index (χ0v) is 10.1. The molecule has 0 aliphatic rings. The smallest absolute Gasteiger partial charge is 0.323 e. The summed E-state index contributed by atoms with van der Waals surface area (Å²) < 4.78 is 0.917. The normalized spacial score (nSPS) is 10.2. The van der Waals surface area contributed by atoms with Crippen LogP contribution in [0.4, 0.5) is 5.69 Å². The number of H-pyrrole nitrogens is 1. The molecule has 0 amide bonds. The minimum absolute atomic E-state index is 0.453. The summed E-state index contributed by atoms with van der Waals surface area (Å²) >= 11 is 3.30. The van der Waals surface area contributed by atoms with Gasteiger partial charge < -0.3 is 4.98 Å². The van der Waals surface area contributed by atoms with Crippen LogP contribution in [0.25, 0.3) is 11.1 Å². The Labute approximate surface area is 104 Å². The average molecular weight is 295 g/mol. The standard InChI is InChI=1S/C11H7BrN2O3/c12-9-3-1-7(2-4-9)8-5-10(14(16)17)11(15)13-6-8/h1-6H,(H,13,15). The minimum atomic E-state index is -0.698. The van der Waals surface area contributed by atoms with Gasteiger partial charge in [0.05, 0.1) is 4.92 Å². The number of aromatic nitrogens is 1. The summed E-state index contributed by atoms with van der Waals surface area (Å²) in [6, 6.07) is 8.53. The first-order chi connectivity index (χ1) is 8.08. The fourth-order valence-corrected chi connectivity index (χ4v) is 1.68. The number of pyridine rings is 1. The third kappa shape index (κ3) is 2.42. The van der Waals surface area contributed by atoms with E-state index in [1.807, 2.05) is 24.3 Å². The van der Waals surface area contributed by atoms with Crippen molar-refractivity contribution in [3.05, 3.63) is 61.5 Å². The number of halogens is 1. The van der Waals surface area contributed by atoms with Crippen LogP contribution in [0.2, 0.25) is 0 Å². The predicted molar refractivity (Wildman–Crippen MR) is 66.9 cm³/mol. The highest BCUT2D eigenvalue weighted by molar-refractivity contribution is 9.10. The molecule has 17 heavy (non-hydrogen) atoms. The SMILES string of the molecule is O=c1[nH]cc(-c2ccc(Br)cc2)cc1[N+](=O)[O-]. The van der Waals surface area contributed by atoms with Crippen LogP contribution in [-0.4, -0.2) is 9.91 Å². The van der Waals surface area contributed by atoms with Crippen molar-refractivity contribution in [2.45, 2.75) is 0 Å². The number of hydrogen-bond acceptors (Lipinski definition) is 3. The second-order valence-electron chi connectivity index (χ2n) is 3.37. The number of nitro groups is 1. The van der Waals surface area contributed by atoms with Gasteiger partial charge in [-0.25, -0.2) is 0 Å². The fraction of sp³-hybridized carbons (Fsp3) is 0. The van der Waals surface area contributed by atoms with E-state index in [0.29, 0.717) is 5.56 Å². The van der Waals surface area contributed by atoms with Gasteiger partial charge in [-0.2, -0.15) is 0 Å². The van der Waals surface area contributed by atoms with Crippen LogP contribution in [0.5, 0.6) is 0 Å². The number of nitrogens with zero attached hydrogens (tertiary/aromatic N) is 1. The van der Waals surface area contributed by atoms with Gasteiger partial charge in [-0.05, 0) is 17.7 Å². The molecule has 0 saturated carbocycles. The molecule has 1 aromatic carbocycles. The lowest BCUT2D eigenvalue weighted by molar-refractivity contribution is -0.386. The summed E-state index contributed by atoms with van der Waals surface area (Å²) in [6.07, 6.45) is 1.46. The molecule has 0 aliphatic carbocycles. The maximum Gasteiger partial charge on any atom is 0.334 e. The summed E-state index contributed by atoms with van der Waals surface area (Å²) in [5, 5.41) is 10.6. The molecule has 0 bridgehead atoms. The lowest BCUT2D eigenvalue weighted by Crippen LogP contribution is -2.10. The van der Waals surface area contributed by atoms with Gasteiger partial charge in [0, 0.05) is 22.3 Å². The van der Waals surface area contributed by atoms with Crippen molar-refractivity contribution in [1.29, 1.82) is 0 Å². The number of benzene rings is 1. The van der Waals surface area contributed by atoms with E-state index in [0.717, 1.165) is 10.0 Å². The average Bonchev–Trinajstić information content (AvgIpc) is 2.30. The van der Waals surface area contributed by atoms with E-state index >= 15 is 0 Å². The predicted octanol–water partition coefficient (Wildman–Crippen LogP) is 2.71. The Morgan fingerprint density at radius 1 is 1.18 bits per heavy atom. The maximum atomic E-state index is 11.2. The van der Waals surface area contributed by atoms with Crippen LogP contribution in [-0.2, 0) is 0 Å². The minimum Gasteiger partial charge on any atom is -0.323 e. The van der Waals surface area contributed by atoms with E-state index in [-0.39, 0.29) is 0 Å². The van der Waals surface area contributed by atoms with Gasteiger partial charge in [0.2, 0.25) is 0 Å². The van der Waals surface area contributed by atoms with Crippen LogP contribution < -0.4 is 5.56 Å². The lowest BCUT2D eigenvalue weighted by atomic mass is 10.1. The summed E-state index contributed by atoms with van der Waals surface area (Å²) in [6.45, 7) is 0. The first-order valence-corrected chi connectivity index (χ1v) is 5.50. The monoisotopic (exact) mass is 294 g/mol. The Bertz CT molecular complexity index is 619. The van der Waals surface area contributed by atoms with Crippen LogP contribution in [0, 0.1) is 10.1 Å². The van der Waals surface area contributed by atoms with Crippen molar-refractivity contribution >= 4 is 21.6 Å². The van der Waals surface area contributed by atoms with Crippen molar-refractivity contribution in [2.75, 3.05) is 0 Å². The van der Waals surface area contributed by atoms with E-state index in [2.05, 4.69) is 20.9 Å². The molecule has 0 aliphatic heterocycles. The van der Waals surface area contributed by atoms with E-state index in [9.17, 15) is 14.9 Å². The van der Waals surface area contributed by atoms with E-state index in [1.165, 1.54) is 12.3 Å². The first-order valence-electron chi connectivity index (χ1n) is 4.71. The Balaban J connectivity index is 2.53. The molecule has 0 unspecified atom stereocenters. The lowest BCUT2D eigenvalue weighted by Gasteiger charge is -2.01. The number of nitrogens with one attached hydrogen (secondary N) is 1. The van der Waals surface area contributed by atoms with Crippen molar-refractivity contribution in [3.8, 4) is 11.1 Å². The summed E-state index contributed by atoms with van der Waals surface area (Å²) in [4.78, 5) is 23.5. The number of hydrogen-bond donors (Lipinski definition) is 1. The Morgan fingerprint density at radius 2 is 1.82 bits per heavy atom. The molecule has 0 radical (unpaired) electrons. The van der Waals surface area contributed by atoms with Crippen LogP contribution in [0.3, 0.4) is 0 Å². The third-order valence-electron chi connectivity index (χ3n) is 2.26. The van der Waals surface area contributed by atoms with Crippen LogP contribution in [0.15, 0.2) is 45.8 Å². The highest BCUT2D eigenvalue weighted by atomic mass is 79.9. The molecular formula is C11H7BrN2O3. The topological polar surface area (TPSA) is 76.0 Å². The second kappa shape index (κ2) is 4.50. The second-order valence-corrected chi connectivity index (χ2v) is 4.28. The largest absolute Gasteiger partial charge is 0.334 e. The van der Waals surface area contributed by atoms with Gasteiger partial charge in [0.1, 0.15) is 0 Å². The summed E-state index contributed by atoms with van der Waals surface area (Å²) in [5.74, 6) is 0. The summed E-state index contributed by atoms with van der Waals surface area (Å²) in [7, 11) is 0. The van der Waals surface area contributed by atoms with E-state index in [4.69, 9.17) is 0 Å². The van der Waals surface area contributed by atoms with Crippen molar-refractivity contribution in [1.82, 2.24) is 4.98 Å². The van der Waals surface area contributed by atoms with Gasteiger partial charge in [0.25, 0.3) is 0 Å². The Kier molecular flexibility index (Phi) is 3.06. The molecule has 1 N–H and O–H groups in total. The highest BCUT2D eigenvalue weighted by Gasteiger charge is 2.13. The molecular weight excluding hydrogens is 288 g/mol. The zero-order chi connectivity index (χ0) is 12.4. The quantitative estimate of drug-likeness (QED) is 0.683. The van der Waals surface area contributed by atoms with Crippen LogP contribution in [0.1, 0.15) is 0 Å². The molecule has 6 heteroatoms. The molecule has 2 aromatic rings. The van der Waals surface area contributed by atoms with Gasteiger partial charge in [-0.15, -0.1) is 0 Å². The van der Waals surface area contributed by atoms with Crippen molar-refractivity contribution in [2.24, 2.45) is 0 Å². The van der Waals surface area contributed by atoms with Crippen molar-refractivity contribution < 1.29 is 4.92 Å². The number of rotatable bonds is 2. The fourth-order valence-electron chi connectivity index (χ4n) is 1.42. The molecule has 0 atom stereocenters. The van der Waals surface area contributed by atoms with Crippen molar-refractivity contribution in [3.63, 3.8) is 0 Å². The highest BCUT2D eigenvalue weighted by Crippen LogP contribution is 2.22. The number of aromatic amines is 1. The Hall–Kier alpha value is -1.95. The summed E-state index contributed by atoms with van der Waals surface area (Å²) in [5.41, 5.74) is 0.248. The molecule has 5 nitrogen and oxygen atoms in total. The zero-order valence-electron chi connectivity index (χ0n) is 8.51. The van der Waals surface area contributed by atoms with E-state index < -0.39 is 16.2 Å². The molecule has 1 aromatic heterocycles. The first kappa shape index (κ1) is 11.5. The van der Waals surface area contributed by atoms with E-state index in [1.54, 1.807) is 0 Å². The molecule has 0 saturated heterocycles. The molecule has 1 heterocycles. The van der Waals surface area contributed by atoms with Gasteiger partial charge >= 0.3 is 11.2 Å². The van der Waals surface area contributed by atoms with Gasteiger partial charge in [-0.1, -0.05) is 28.1 Å². The molecule has 0 spiro atoms. The third-order valence-corrected chi connectivity index (χ3v) is 2.79. The maximum absolute atomic E-state index is 11.2. The van der Waals surface area contributed by atoms with Gasteiger partial charge in [-0.3, -0.25) is 14.9 Å². The van der Waals surface area contributed by atoms with Crippen LogP contribution >= 0.6 is 15.9 Å². The van der Waals surface area contributed by atoms with Gasteiger partial charge in [0.15, 0.2) is 0 Å².